The van der Waals surface area contributed by atoms with Crippen molar-refractivity contribution in [3.8, 4) is 11.8 Å². The van der Waals surface area contributed by atoms with Crippen LogP contribution in [0.15, 0.2) is 18.2 Å². The van der Waals surface area contributed by atoms with E-state index in [0.717, 1.165) is 12.1 Å². The SMILES string of the molecule is Cc1ccc(C#N)cc1OC1CNCCC1(C)O. The fraction of sp³-hybridized carbons (Fsp3) is 0.500. The maximum atomic E-state index is 10.3. The fourth-order valence-electron chi connectivity index (χ4n) is 2.07. The standard InChI is InChI=1S/C14H18N2O2/c1-10-3-4-11(8-15)7-12(10)18-13-9-16-6-5-14(13,2)17/h3-4,7,13,16-17H,5-6,9H2,1-2H3. The molecule has 0 bridgehead atoms. The van der Waals surface area contributed by atoms with E-state index >= 15 is 0 Å². The smallest absolute Gasteiger partial charge is 0.139 e. The second kappa shape index (κ2) is 4.97. The Hall–Kier alpha value is -1.57. The van der Waals surface area contributed by atoms with Gasteiger partial charge in [0.25, 0.3) is 0 Å². The van der Waals surface area contributed by atoms with Gasteiger partial charge in [0.1, 0.15) is 17.5 Å². The maximum absolute atomic E-state index is 10.3. The summed E-state index contributed by atoms with van der Waals surface area (Å²) in [6.45, 7) is 5.14. The zero-order valence-corrected chi connectivity index (χ0v) is 10.7. The molecule has 4 nitrogen and oxygen atoms in total. The normalized spacial score (nSPS) is 27.6. The van der Waals surface area contributed by atoms with Gasteiger partial charge in [-0.25, -0.2) is 0 Å². The summed E-state index contributed by atoms with van der Waals surface area (Å²) in [5.74, 6) is 0.669. The van der Waals surface area contributed by atoms with E-state index < -0.39 is 5.60 Å². The summed E-state index contributed by atoms with van der Waals surface area (Å²) in [4.78, 5) is 0. The molecule has 18 heavy (non-hydrogen) atoms. The molecule has 2 unspecified atom stereocenters. The zero-order valence-electron chi connectivity index (χ0n) is 10.7. The number of hydrogen-bond donors (Lipinski definition) is 2. The summed E-state index contributed by atoms with van der Waals surface area (Å²) < 4.78 is 5.88. The van der Waals surface area contributed by atoms with Gasteiger partial charge in [-0.1, -0.05) is 6.07 Å². The van der Waals surface area contributed by atoms with E-state index in [-0.39, 0.29) is 6.10 Å². The summed E-state index contributed by atoms with van der Waals surface area (Å²) >= 11 is 0. The highest BCUT2D eigenvalue weighted by atomic mass is 16.5. The van der Waals surface area contributed by atoms with Gasteiger partial charge in [-0.05, 0) is 44.5 Å². The summed E-state index contributed by atoms with van der Waals surface area (Å²) in [7, 11) is 0. The topological polar surface area (TPSA) is 65.3 Å². The lowest BCUT2D eigenvalue weighted by atomic mass is 9.91. The van der Waals surface area contributed by atoms with Crippen molar-refractivity contribution >= 4 is 0 Å². The van der Waals surface area contributed by atoms with Crippen molar-refractivity contribution in [3.63, 3.8) is 0 Å². The lowest BCUT2D eigenvalue weighted by Crippen LogP contribution is -2.55. The molecule has 0 aliphatic carbocycles. The highest BCUT2D eigenvalue weighted by Gasteiger charge is 2.36. The molecule has 0 spiro atoms. The summed E-state index contributed by atoms with van der Waals surface area (Å²) in [5.41, 5.74) is 0.703. The average molecular weight is 246 g/mol. The van der Waals surface area contributed by atoms with Crippen LogP contribution in [0.3, 0.4) is 0 Å². The van der Waals surface area contributed by atoms with Crippen LogP contribution < -0.4 is 10.1 Å². The number of rotatable bonds is 2. The highest BCUT2D eigenvalue weighted by molar-refractivity contribution is 5.42. The first kappa shape index (κ1) is 12.9. The zero-order chi connectivity index (χ0) is 13.2. The minimum Gasteiger partial charge on any atom is -0.486 e. The highest BCUT2D eigenvalue weighted by Crippen LogP contribution is 2.26. The monoisotopic (exact) mass is 246 g/mol. The summed E-state index contributed by atoms with van der Waals surface area (Å²) in [5, 5.41) is 22.4. The van der Waals surface area contributed by atoms with Crippen LogP contribution >= 0.6 is 0 Å². The van der Waals surface area contributed by atoms with E-state index in [2.05, 4.69) is 11.4 Å². The lowest BCUT2D eigenvalue weighted by molar-refractivity contribution is -0.0659. The number of aryl methyl sites for hydroxylation is 1. The molecule has 1 heterocycles. The molecule has 0 saturated carbocycles. The molecule has 1 aromatic carbocycles. The quantitative estimate of drug-likeness (QED) is 0.827. The molecule has 96 valence electrons. The van der Waals surface area contributed by atoms with Gasteiger partial charge in [0.15, 0.2) is 0 Å². The average Bonchev–Trinajstić information content (AvgIpc) is 2.34. The number of aliphatic hydroxyl groups is 1. The molecule has 1 aromatic rings. The van der Waals surface area contributed by atoms with E-state index in [1.54, 1.807) is 19.1 Å². The molecular formula is C14H18N2O2. The first-order valence-corrected chi connectivity index (χ1v) is 6.13. The number of hydrogen-bond acceptors (Lipinski definition) is 4. The molecule has 0 amide bonds. The molecular weight excluding hydrogens is 228 g/mol. The number of nitrogens with zero attached hydrogens (tertiary/aromatic N) is 1. The van der Waals surface area contributed by atoms with Crippen molar-refractivity contribution in [1.29, 1.82) is 5.26 Å². The molecule has 1 fully saturated rings. The number of nitriles is 1. The molecule has 0 radical (unpaired) electrons. The van der Waals surface area contributed by atoms with Gasteiger partial charge in [-0.3, -0.25) is 0 Å². The van der Waals surface area contributed by atoms with Crippen molar-refractivity contribution < 1.29 is 9.84 Å². The van der Waals surface area contributed by atoms with Gasteiger partial charge in [0, 0.05) is 6.54 Å². The predicted octanol–water partition coefficient (Wildman–Crippen LogP) is 1.36. The Kier molecular flexibility index (Phi) is 3.55. The molecule has 2 atom stereocenters. The fourth-order valence-corrected chi connectivity index (χ4v) is 2.07. The summed E-state index contributed by atoms with van der Waals surface area (Å²) in [6, 6.07) is 7.44. The third-order valence-electron chi connectivity index (χ3n) is 3.42. The molecule has 4 heteroatoms. The largest absolute Gasteiger partial charge is 0.486 e. The van der Waals surface area contributed by atoms with Crippen molar-refractivity contribution in [1.82, 2.24) is 5.32 Å². The molecule has 0 aromatic heterocycles. The van der Waals surface area contributed by atoms with Gasteiger partial charge in [-0.15, -0.1) is 0 Å². The van der Waals surface area contributed by atoms with Crippen LogP contribution in [0.4, 0.5) is 0 Å². The minimum atomic E-state index is -0.833. The van der Waals surface area contributed by atoms with Crippen LogP contribution in [0.2, 0.25) is 0 Å². The van der Waals surface area contributed by atoms with Gasteiger partial charge in [0.2, 0.25) is 0 Å². The van der Waals surface area contributed by atoms with E-state index in [0.29, 0.717) is 24.3 Å². The molecule has 2 N–H and O–H groups in total. The van der Waals surface area contributed by atoms with E-state index in [1.807, 2.05) is 13.0 Å². The van der Waals surface area contributed by atoms with E-state index in [1.165, 1.54) is 0 Å². The van der Waals surface area contributed by atoms with Crippen LogP contribution in [-0.4, -0.2) is 29.9 Å². The van der Waals surface area contributed by atoms with E-state index in [4.69, 9.17) is 10.00 Å². The number of benzene rings is 1. The Morgan fingerprint density at radius 1 is 1.56 bits per heavy atom. The predicted molar refractivity (Wildman–Crippen MR) is 68.4 cm³/mol. The number of ether oxygens (including phenoxy) is 1. The van der Waals surface area contributed by atoms with Gasteiger partial charge in [0.05, 0.1) is 11.6 Å². The van der Waals surface area contributed by atoms with Gasteiger partial charge >= 0.3 is 0 Å². The molecule has 2 rings (SSSR count). The van der Waals surface area contributed by atoms with Gasteiger partial charge in [-0.2, -0.15) is 5.26 Å². The second-order valence-corrected chi connectivity index (χ2v) is 5.01. The Balaban J connectivity index is 2.20. The molecule has 1 aliphatic rings. The minimum absolute atomic E-state index is 0.293. The first-order chi connectivity index (χ1) is 8.53. The molecule has 1 saturated heterocycles. The van der Waals surface area contributed by atoms with Crippen LogP contribution in [0.25, 0.3) is 0 Å². The summed E-state index contributed by atoms with van der Waals surface area (Å²) in [6.07, 6.45) is 0.369. The Morgan fingerprint density at radius 2 is 2.33 bits per heavy atom. The Morgan fingerprint density at radius 3 is 3.00 bits per heavy atom. The van der Waals surface area contributed by atoms with Crippen LogP contribution in [0, 0.1) is 18.3 Å². The van der Waals surface area contributed by atoms with Crippen LogP contribution in [0.1, 0.15) is 24.5 Å². The van der Waals surface area contributed by atoms with Crippen molar-refractivity contribution in [2.45, 2.75) is 32.0 Å². The van der Waals surface area contributed by atoms with Gasteiger partial charge < -0.3 is 15.2 Å². The third-order valence-corrected chi connectivity index (χ3v) is 3.42. The first-order valence-electron chi connectivity index (χ1n) is 6.13. The van der Waals surface area contributed by atoms with E-state index in [9.17, 15) is 5.11 Å². The third kappa shape index (κ3) is 2.63. The van der Waals surface area contributed by atoms with Crippen molar-refractivity contribution in [2.24, 2.45) is 0 Å². The molecule has 1 aliphatic heterocycles. The maximum Gasteiger partial charge on any atom is 0.139 e. The van der Waals surface area contributed by atoms with Crippen LogP contribution in [-0.2, 0) is 0 Å². The van der Waals surface area contributed by atoms with Crippen molar-refractivity contribution in [3.05, 3.63) is 29.3 Å². The second-order valence-electron chi connectivity index (χ2n) is 5.01. The number of piperidine rings is 1. The number of nitrogens with one attached hydrogen (secondary N) is 1. The van der Waals surface area contributed by atoms with Crippen molar-refractivity contribution in [2.75, 3.05) is 13.1 Å². The van der Waals surface area contributed by atoms with Crippen LogP contribution in [0.5, 0.6) is 5.75 Å². The Labute approximate surface area is 107 Å². The lowest BCUT2D eigenvalue weighted by Gasteiger charge is -2.37. The Bertz CT molecular complexity index is 477.